The Labute approximate surface area is 213 Å². The number of primary amides is 1. The number of halogens is 1. The van der Waals surface area contributed by atoms with Gasteiger partial charge >= 0.3 is 0 Å². The number of anilines is 2. The highest BCUT2D eigenvalue weighted by atomic mass is 32.1. The van der Waals surface area contributed by atoms with Gasteiger partial charge in [0.05, 0.1) is 30.1 Å². The Kier molecular flexibility index (Phi) is 8.65. The van der Waals surface area contributed by atoms with Crippen LogP contribution in [0.4, 0.5) is 15.2 Å². The second-order valence-corrected chi connectivity index (χ2v) is 10.0. The molecule has 1 saturated heterocycles. The first kappa shape index (κ1) is 26.2. The average molecular weight is 515 g/mol. The summed E-state index contributed by atoms with van der Waals surface area (Å²) < 4.78 is 20.5. The number of nitrogens with one attached hydrogen (secondary N) is 1. The number of nitrogens with zero attached hydrogens (tertiary/aromatic N) is 2. The fraction of sp³-hybridized carbons (Fsp3) is 0.385. The lowest BCUT2D eigenvalue weighted by Gasteiger charge is -2.32. The standard InChI is InChI=1S/C26H31FN4O4S/c1-16(33)11-17-5-6-20(22(27)12-17)23-13-21(25(28)34)26(36-23)30-24-4-2-3-18(29-24)14-31-8-10-35-19(15-31)7-9-32/h2-6,12-13,16,19,32-33H,7-11,14-15H2,1H3,(H2,28,34)(H,29,30). The highest BCUT2D eigenvalue weighted by Crippen LogP contribution is 2.38. The molecule has 0 aliphatic carbocycles. The van der Waals surface area contributed by atoms with Crippen LogP contribution < -0.4 is 11.1 Å². The summed E-state index contributed by atoms with van der Waals surface area (Å²) in [6, 6.07) is 12.0. The molecular weight excluding hydrogens is 483 g/mol. The van der Waals surface area contributed by atoms with Crippen molar-refractivity contribution in [3.8, 4) is 10.4 Å². The Bertz CT molecular complexity index is 1200. The maximum atomic E-state index is 14.9. The zero-order chi connectivity index (χ0) is 25.7. The summed E-state index contributed by atoms with van der Waals surface area (Å²) in [6.07, 6.45) is 0.401. The number of morpholine rings is 1. The van der Waals surface area contributed by atoms with Gasteiger partial charge in [-0.15, -0.1) is 11.3 Å². The maximum Gasteiger partial charge on any atom is 0.251 e. The Morgan fingerprint density at radius 2 is 2.19 bits per heavy atom. The lowest BCUT2D eigenvalue weighted by Crippen LogP contribution is -2.42. The molecular formula is C26H31FN4O4S. The predicted octanol–water partition coefficient (Wildman–Crippen LogP) is 3.30. The third-order valence-electron chi connectivity index (χ3n) is 5.94. The van der Waals surface area contributed by atoms with E-state index in [2.05, 4.69) is 15.2 Å². The van der Waals surface area contributed by atoms with Crippen molar-refractivity contribution in [3.05, 3.63) is 65.1 Å². The normalized spacial score (nSPS) is 17.2. The van der Waals surface area contributed by atoms with Crippen molar-refractivity contribution in [1.29, 1.82) is 0 Å². The zero-order valence-electron chi connectivity index (χ0n) is 20.1. The number of amides is 1. The number of carbonyl (C=O) groups excluding carboxylic acids is 1. The van der Waals surface area contributed by atoms with Crippen molar-refractivity contribution in [2.75, 3.05) is 31.6 Å². The molecule has 2 atom stereocenters. The van der Waals surface area contributed by atoms with E-state index in [9.17, 15) is 19.4 Å². The molecule has 2 unspecified atom stereocenters. The van der Waals surface area contributed by atoms with Crippen LogP contribution >= 0.6 is 11.3 Å². The topological polar surface area (TPSA) is 121 Å². The van der Waals surface area contributed by atoms with Gasteiger partial charge in [-0.25, -0.2) is 9.37 Å². The summed E-state index contributed by atoms with van der Waals surface area (Å²) in [4.78, 5) is 19.6. The van der Waals surface area contributed by atoms with E-state index in [1.54, 1.807) is 31.2 Å². The fourth-order valence-corrected chi connectivity index (χ4v) is 5.35. The molecule has 1 aliphatic heterocycles. The molecule has 2 aromatic heterocycles. The molecule has 3 aromatic rings. The van der Waals surface area contributed by atoms with E-state index in [-0.39, 0.29) is 18.3 Å². The Balaban J connectivity index is 1.52. The molecule has 8 nitrogen and oxygen atoms in total. The number of ether oxygens (including phenoxy) is 1. The molecule has 1 aromatic carbocycles. The molecule has 5 N–H and O–H groups in total. The summed E-state index contributed by atoms with van der Waals surface area (Å²) in [7, 11) is 0. The molecule has 192 valence electrons. The smallest absolute Gasteiger partial charge is 0.251 e. The van der Waals surface area contributed by atoms with Crippen molar-refractivity contribution in [2.45, 2.75) is 38.5 Å². The van der Waals surface area contributed by atoms with Crippen LogP contribution in [-0.4, -0.2) is 64.5 Å². The van der Waals surface area contributed by atoms with E-state index in [0.717, 1.165) is 18.8 Å². The first-order valence-corrected chi connectivity index (χ1v) is 12.7. The minimum atomic E-state index is -0.620. The van der Waals surface area contributed by atoms with Crippen LogP contribution in [0, 0.1) is 5.82 Å². The zero-order valence-corrected chi connectivity index (χ0v) is 20.9. The average Bonchev–Trinajstić information content (AvgIpc) is 3.23. The number of benzene rings is 1. The van der Waals surface area contributed by atoms with Crippen molar-refractivity contribution in [3.63, 3.8) is 0 Å². The van der Waals surface area contributed by atoms with E-state index in [0.29, 0.717) is 52.8 Å². The molecule has 1 fully saturated rings. The van der Waals surface area contributed by atoms with E-state index in [1.165, 1.54) is 17.4 Å². The Morgan fingerprint density at radius 1 is 1.36 bits per heavy atom. The van der Waals surface area contributed by atoms with Crippen LogP contribution in [0.5, 0.6) is 0 Å². The SMILES string of the molecule is CC(O)Cc1ccc(-c2cc(C(N)=O)c(Nc3cccc(CN4CCOC(CCO)C4)n3)s2)c(F)c1. The lowest BCUT2D eigenvalue weighted by atomic mass is 10.0. The molecule has 1 aliphatic rings. The summed E-state index contributed by atoms with van der Waals surface area (Å²) in [6.45, 7) is 4.49. The van der Waals surface area contributed by atoms with Crippen molar-refractivity contribution < 1.29 is 24.1 Å². The number of aliphatic hydroxyl groups excluding tert-OH is 2. The molecule has 0 spiro atoms. The summed E-state index contributed by atoms with van der Waals surface area (Å²) >= 11 is 1.23. The van der Waals surface area contributed by atoms with Gasteiger partial charge in [0.15, 0.2) is 0 Å². The Morgan fingerprint density at radius 3 is 2.92 bits per heavy atom. The van der Waals surface area contributed by atoms with Crippen LogP contribution in [0.25, 0.3) is 10.4 Å². The number of aromatic nitrogens is 1. The summed E-state index contributed by atoms with van der Waals surface area (Å²) in [5.74, 6) is -0.496. The third kappa shape index (κ3) is 6.65. The van der Waals surface area contributed by atoms with Gasteiger partial charge in [0.2, 0.25) is 0 Å². The first-order chi connectivity index (χ1) is 17.3. The van der Waals surface area contributed by atoms with E-state index in [4.69, 9.17) is 10.5 Å². The first-order valence-electron chi connectivity index (χ1n) is 11.9. The van der Waals surface area contributed by atoms with Crippen LogP contribution in [0.15, 0.2) is 42.5 Å². The molecule has 3 heterocycles. The van der Waals surface area contributed by atoms with Crippen LogP contribution in [0.1, 0.15) is 35.0 Å². The number of nitrogens with two attached hydrogens (primary N) is 1. The number of pyridine rings is 1. The van der Waals surface area contributed by atoms with E-state index < -0.39 is 17.8 Å². The molecule has 10 heteroatoms. The molecule has 0 radical (unpaired) electrons. The van der Waals surface area contributed by atoms with Gasteiger partial charge in [0, 0.05) is 36.7 Å². The fourth-order valence-electron chi connectivity index (χ4n) is 4.25. The number of thiophene rings is 1. The van der Waals surface area contributed by atoms with Gasteiger partial charge < -0.3 is 26.0 Å². The van der Waals surface area contributed by atoms with Gasteiger partial charge in [-0.2, -0.15) is 0 Å². The van der Waals surface area contributed by atoms with Crippen LogP contribution in [-0.2, 0) is 17.7 Å². The van der Waals surface area contributed by atoms with Gasteiger partial charge in [0.25, 0.3) is 5.91 Å². The summed E-state index contributed by atoms with van der Waals surface area (Å²) in [5, 5.41) is 22.4. The molecule has 36 heavy (non-hydrogen) atoms. The molecule has 0 saturated carbocycles. The maximum absolute atomic E-state index is 14.9. The lowest BCUT2D eigenvalue weighted by molar-refractivity contribution is -0.0410. The number of hydrogen-bond acceptors (Lipinski definition) is 8. The monoisotopic (exact) mass is 514 g/mol. The molecule has 0 bridgehead atoms. The highest BCUT2D eigenvalue weighted by Gasteiger charge is 2.21. The van der Waals surface area contributed by atoms with E-state index >= 15 is 0 Å². The number of hydrogen-bond donors (Lipinski definition) is 4. The van der Waals surface area contributed by atoms with Crippen molar-refractivity contribution >= 4 is 28.1 Å². The van der Waals surface area contributed by atoms with E-state index in [1.807, 2.05) is 12.1 Å². The number of carbonyl (C=O) groups is 1. The van der Waals surface area contributed by atoms with Gasteiger partial charge in [-0.3, -0.25) is 9.69 Å². The minimum absolute atomic E-state index is 0.00854. The van der Waals surface area contributed by atoms with Gasteiger partial charge in [-0.1, -0.05) is 18.2 Å². The minimum Gasteiger partial charge on any atom is -0.396 e. The molecule has 4 rings (SSSR count). The largest absolute Gasteiger partial charge is 0.396 e. The highest BCUT2D eigenvalue weighted by molar-refractivity contribution is 7.19. The third-order valence-corrected chi connectivity index (χ3v) is 7.02. The van der Waals surface area contributed by atoms with Crippen molar-refractivity contribution in [2.24, 2.45) is 5.73 Å². The molecule has 1 amide bonds. The predicted molar refractivity (Wildman–Crippen MR) is 138 cm³/mol. The quantitative estimate of drug-likeness (QED) is 0.328. The van der Waals surface area contributed by atoms with Gasteiger partial charge in [-0.05, 0) is 49.6 Å². The summed E-state index contributed by atoms with van der Waals surface area (Å²) in [5.41, 5.74) is 7.78. The number of aliphatic hydroxyl groups is 2. The van der Waals surface area contributed by atoms with Gasteiger partial charge in [0.1, 0.15) is 16.6 Å². The van der Waals surface area contributed by atoms with Crippen LogP contribution in [0.3, 0.4) is 0 Å². The van der Waals surface area contributed by atoms with Crippen LogP contribution in [0.2, 0.25) is 0 Å². The Hall–Kier alpha value is -2.89. The second kappa shape index (κ2) is 11.9. The second-order valence-electron chi connectivity index (χ2n) is 8.96. The number of rotatable bonds is 10. The van der Waals surface area contributed by atoms with Crippen molar-refractivity contribution in [1.82, 2.24) is 9.88 Å².